The zero-order chi connectivity index (χ0) is 55.5. The molecule has 10 nitrogen and oxygen atoms in total. The van der Waals surface area contributed by atoms with Gasteiger partial charge in [-0.05, 0) is 84.4 Å². The molecule has 0 unspecified atom stereocenters. The van der Waals surface area contributed by atoms with Crippen LogP contribution in [0, 0.1) is 22.7 Å². The number of para-hydroxylation sites is 2. The van der Waals surface area contributed by atoms with Gasteiger partial charge in [-0.2, -0.15) is 23.7 Å². The molecule has 0 saturated heterocycles. The minimum absolute atomic E-state index is 0.0611. The van der Waals surface area contributed by atoms with Gasteiger partial charge in [0.15, 0.2) is 34.9 Å². The minimum atomic E-state index is -4.78. The highest BCUT2D eigenvalue weighted by Crippen LogP contribution is 2.44. The Morgan fingerprint density at radius 1 is 0.317 bits per heavy atom. The number of fused-ring (bicyclic) bond motifs is 6. The summed E-state index contributed by atoms with van der Waals surface area (Å²) < 4.78 is 48.2. The molecule has 0 radical (unpaired) electrons. The van der Waals surface area contributed by atoms with E-state index in [-0.39, 0.29) is 22.3 Å². The van der Waals surface area contributed by atoms with Gasteiger partial charge in [0, 0.05) is 60.5 Å². The third-order valence-corrected chi connectivity index (χ3v) is 14.7. The monoisotopic (exact) mass is 1060 g/mol. The number of nitriles is 2. The fraction of sp³-hybridized carbons (Fsp3) is 0.0145. The molecule has 13 heteroatoms. The Bertz CT molecular complexity index is 4810. The molecular weight excluding hydrogens is 1030 g/mol. The quantitative estimate of drug-likeness (QED) is 0.139. The van der Waals surface area contributed by atoms with Gasteiger partial charge in [0.2, 0.25) is 0 Å². The van der Waals surface area contributed by atoms with Crippen molar-refractivity contribution in [3.05, 3.63) is 253 Å². The van der Waals surface area contributed by atoms with E-state index in [1.54, 1.807) is 12.1 Å². The lowest BCUT2D eigenvalue weighted by atomic mass is 9.95. The number of hydrogen-bond acceptors (Lipinski definition) is 8. The second-order valence-corrected chi connectivity index (χ2v) is 19.7. The van der Waals surface area contributed by atoms with Crippen molar-refractivity contribution in [3.63, 3.8) is 0 Å². The zero-order valence-corrected chi connectivity index (χ0v) is 43.1. The lowest BCUT2D eigenvalue weighted by Gasteiger charge is -2.20. The highest BCUT2D eigenvalue weighted by molar-refractivity contribution is 6.13. The fourth-order valence-corrected chi connectivity index (χ4v) is 10.9. The Kier molecular flexibility index (Phi) is 11.8. The van der Waals surface area contributed by atoms with Crippen LogP contribution in [0.3, 0.4) is 0 Å². The van der Waals surface area contributed by atoms with E-state index in [9.17, 15) is 23.7 Å². The highest BCUT2D eigenvalue weighted by atomic mass is 19.4. The van der Waals surface area contributed by atoms with E-state index in [1.807, 2.05) is 200 Å². The summed E-state index contributed by atoms with van der Waals surface area (Å²) >= 11 is 0. The van der Waals surface area contributed by atoms with Crippen LogP contribution in [0.1, 0.15) is 16.7 Å². The van der Waals surface area contributed by atoms with Gasteiger partial charge in [0.05, 0.1) is 62.3 Å². The highest BCUT2D eigenvalue weighted by Gasteiger charge is 2.32. The Morgan fingerprint density at radius 2 is 0.683 bits per heavy atom. The first-order valence-corrected chi connectivity index (χ1v) is 26.2. The standard InChI is InChI=1S/C69H39F3N10/c70-69(71,72)51-34-42(40-73)33-49(35-51)54-39-62(82-58-28-16-14-26-53(58)56-37-48(30-32-60(56)82)68-79-65(45-21-9-3-10-22-45)76-66(80-68)46-23-11-4-12-24-46)61(38-50(54)41-74)81-57-27-15-13-25-52(57)55-36-47(29-31-59(55)81)67-77-63(43-17-5-1-6-18-43)75-64(78-67)44-19-7-2-8-20-44/h1-39H. The molecule has 0 bridgehead atoms. The Balaban J connectivity index is 1.02. The lowest BCUT2D eigenvalue weighted by Crippen LogP contribution is -2.07. The molecule has 0 atom stereocenters. The maximum absolute atomic E-state index is 14.7. The Labute approximate surface area is 466 Å². The molecule has 0 saturated carbocycles. The summed E-state index contributed by atoms with van der Waals surface area (Å²) in [5.74, 6) is 2.98. The van der Waals surface area contributed by atoms with Crippen LogP contribution in [0.5, 0.6) is 0 Å². The van der Waals surface area contributed by atoms with E-state index < -0.39 is 11.7 Å². The van der Waals surface area contributed by atoms with Crippen molar-refractivity contribution in [1.82, 2.24) is 39.0 Å². The number of rotatable bonds is 9. The summed E-state index contributed by atoms with van der Waals surface area (Å²) in [6.07, 6.45) is -4.78. The van der Waals surface area contributed by atoms with Crippen molar-refractivity contribution in [2.45, 2.75) is 6.18 Å². The third kappa shape index (κ3) is 8.63. The Hall–Kier alpha value is -11.4. The van der Waals surface area contributed by atoms with Gasteiger partial charge in [-0.3, -0.25) is 0 Å². The third-order valence-electron chi connectivity index (χ3n) is 14.7. The van der Waals surface area contributed by atoms with Crippen molar-refractivity contribution < 1.29 is 13.2 Å². The fourth-order valence-electron chi connectivity index (χ4n) is 10.9. The van der Waals surface area contributed by atoms with E-state index in [4.69, 9.17) is 29.9 Å². The first-order chi connectivity index (χ1) is 40.2. The Morgan fingerprint density at radius 3 is 1.07 bits per heavy atom. The molecule has 10 aromatic carbocycles. The molecule has 4 aromatic heterocycles. The predicted molar refractivity (Wildman–Crippen MR) is 314 cm³/mol. The normalized spacial score (nSPS) is 11.6. The molecule has 386 valence electrons. The number of benzene rings is 10. The van der Waals surface area contributed by atoms with Crippen LogP contribution in [0.25, 0.3) is 134 Å². The smallest absolute Gasteiger partial charge is 0.307 e. The molecule has 0 spiro atoms. The summed E-state index contributed by atoms with van der Waals surface area (Å²) in [4.78, 5) is 30.0. The molecule has 0 fully saturated rings. The summed E-state index contributed by atoms with van der Waals surface area (Å²) in [5, 5.41) is 24.7. The molecular formula is C69H39F3N10. The average Bonchev–Trinajstić information content (AvgIpc) is 2.99. The van der Waals surface area contributed by atoms with Crippen LogP contribution < -0.4 is 0 Å². The molecule has 82 heavy (non-hydrogen) atoms. The van der Waals surface area contributed by atoms with E-state index in [0.717, 1.165) is 89.1 Å². The summed E-state index contributed by atoms with van der Waals surface area (Å²) in [6.45, 7) is 0. The number of halogens is 3. The van der Waals surface area contributed by atoms with Gasteiger partial charge in [0.25, 0.3) is 0 Å². The number of hydrogen-bond donors (Lipinski definition) is 0. The first-order valence-electron chi connectivity index (χ1n) is 26.2. The second-order valence-electron chi connectivity index (χ2n) is 19.7. The van der Waals surface area contributed by atoms with Crippen LogP contribution in [0.4, 0.5) is 13.2 Å². The van der Waals surface area contributed by atoms with Crippen LogP contribution in [0.15, 0.2) is 237 Å². The SMILES string of the molecule is N#Cc1cc(-c2cc(-n3c4ccccc4c4cc(-c5nc(-c6ccccc6)nc(-c6ccccc6)n5)ccc43)c(-n3c4ccccc4c4cc(-c5nc(-c6ccccc6)nc(-c6ccccc6)n5)ccc43)cc2C#N)cc(C(F)(F)F)c1. The van der Waals surface area contributed by atoms with Gasteiger partial charge in [-0.15, -0.1) is 0 Å². The molecule has 0 amide bonds. The molecule has 14 aromatic rings. The summed E-state index contributed by atoms with van der Waals surface area (Å²) in [5.41, 5.74) is 8.16. The second kappa shape index (κ2) is 19.8. The van der Waals surface area contributed by atoms with Crippen LogP contribution >= 0.6 is 0 Å². The van der Waals surface area contributed by atoms with Gasteiger partial charge in [0.1, 0.15) is 0 Å². The van der Waals surface area contributed by atoms with E-state index in [1.165, 1.54) is 6.07 Å². The van der Waals surface area contributed by atoms with Crippen LogP contribution in [0.2, 0.25) is 0 Å². The summed E-state index contributed by atoms with van der Waals surface area (Å²) in [7, 11) is 0. The molecule has 14 rings (SSSR count). The van der Waals surface area contributed by atoms with Gasteiger partial charge in [-0.25, -0.2) is 29.9 Å². The van der Waals surface area contributed by atoms with E-state index >= 15 is 0 Å². The first kappa shape index (κ1) is 48.9. The van der Waals surface area contributed by atoms with E-state index in [2.05, 4.69) is 27.3 Å². The van der Waals surface area contributed by atoms with Crippen molar-refractivity contribution in [1.29, 1.82) is 10.5 Å². The van der Waals surface area contributed by atoms with Gasteiger partial charge < -0.3 is 9.13 Å². The molecule has 0 N–H and O–H groups in total. The van der Waals surface area contributed by atoms with Gasteiger partial charge >= 0.3 is 6.18 Å². The minimum Gasteiger partial charge on any atom is -0.307 e. The van der Waals surface area contributed by atoms with Crippen molar-refractivity contribution in [3.8, 4) is 103 Å². The molecule has 0 aliphatic heterocycles. The molecule has 4 heterocycles. The molecule has 0 aliphatic rings. The van der Waals surface area contributed by atoms with E-state index in [0.29, 0.717) is 46.3 Å². The van der Waals surface area contributed by atoms with Crippen molar-refractivity contribution in [2.24, 2.45) is 0 Å². The number of nitrogens with zero attached hydrogens (tertiary/aromatic N) is 10. The topological polar surface area (TPSA) is 135 Å². The van der Waals surface area contributed by atoms with Crippen molar-refractivity contribution in [2.75, 3.05) is 0 Å². The lowest BCUT2D eigenvalue weighted by molar-refractivity contribution is -0.137. The predicted octanol–water partition coefficient (Wildman–Crippen LogP) is 16.7. The van der Waals surface area contributed by atoms with Crippen molar-refractivity contribution >= 4 is 43.6 Å². The number of alkyl halides is 3. The van der Waals surface area contributed by atoms with Gasteiger partial charge in [-0.1, -0.05) is 158 Å². The molecule has 0 aliphatic carbocycles. The summed E-state index contributed by atoms with van der Waals surface area (Å²) in [6, 6.07) is 77.9. The van der Waals surface area contributed by atoms with Crippen LogP contribution in [-0.4, -0.2) is 39.0 Å². The van der Waals surface area contributed by atoms with Crippen LogP contribution in [-0.2, 0) is 6.18 Å². The average molecular weight is 1070 g/mol. The maximum atomic E-state index is 14.7. The largest absolute Gasteiger partial charge is 0.416 e. The zero-order valence-electron chi connectivity index (χ0n) is 43.1. The maximum Gasteiger partial charge on any atom is 0.416 e. The number of aromatic nitrogens is 8.